The third kappa shape index (κ3) is 10.1. The van der Waals surface area contributed by atoms with Crippen molar-refractivity contribution in [2.75, 3.05) is 0 Å². The number of Topliss-reactive ketones (excluding diaryl/α,β-unsaturated/α-hetero) is 1. The molecule has 98 heavy (non-hydrogen) atoms. The van der Waals surface area contributed by atoms with Crippen LogP contribution in [0.1, 0.15) is 368 Å². The normalized spacial score (nSPS) is 53.6. The molecule has 0 aromatic heterocycles. The fourth-order valence-corrected chi connectivity index (χ4v) is 35.7. The zero-order valence-electron chi connectivity index (χ0n) is 68.9. The van der Waals surface area contributed by atoms with Gasteiger partial charge in [-0.3, -0.25) is 4.79 Å². The molecule has 16 saturated carbocycles. The van der Waals surface area contributed by atoms with Crippen molar-refractivity contribution in [3.63, 3.8) is 0 Å². The molecule has 3 heteroatoms. The van der Waals surface area contributed by atoms with E-state index in [-0.39, 0.29) is 13.0 Å². The molecular weight excluding hydrogens is 1190 g/mol. The lowest BCUT2D eigenvalue weighted by atomic mass is 9.60. The predicted octanol–water partition coefficient (Wildman–Crippen LogP) is 26.4. The molecule has 1 N–H and O–H groups in total. The molecule has 1 saturated heterocycles. The monoisotopic (exact) mass is 1350 g/mol. The number of epoxide rings is 1. The molecule has 1 heterocycles. The van der Waals surface area contributed by atoms with Gasteiger partial charge in [0.05, 0.1) is 17.3 Å². The number of carbonyl (C=O) groups excluding carboxylic acids is 1. The second-order valence-electron chi connectivity index (χ2n) is 46.9. The molecule has 12 bridgehead atoms. The van der Waals surface area contributed by atoms with Crippen molar-refractivity contribution >= 4 is 5.78 Å². The number of aliphatic hydroxyl groups is 1. The Hall–Kier alpha value is -0.930. The number of ketones is 1. The first-order valence-electron chi connectivity index (χ1n) is 42.9. The van der Waals surface area contributed by atoms with E-state index in [1.807, 2.05) is 0 Å². The molecule has 0 aromatic carbocycles. The first kappa shape index (κ1) is 75.3. The van der Waals surface area contributed by atoms with E-state index in [2.05, 4.69) is 186 Å². The highest BCUT2D eigenvalue weighted by Crippen LogP contribution is 2.81. The highest BCUT2D eigenvalue weighted by Gasteiger charge is 2.78. The van der Waals surface area contributed by atoms with Crippen LogP contribution < -0.4 is 0 Å². The third-order valence-corrected chi connectivity index (χ3v) is 41.4. The van der Waals surface area contributed by atoms with Crippen molar-refractivity contribution in [3.05, 3.63) is 22.8 Å². The van der Waals surface area contributed by atoms with Gasteiger partial charge < -0.3 is 9.84 Å². The topological polar surface area (TPSA) is 49.8 Å². The van der Waals surface area contributed by atoms with Crippen molar-refractivity contribution < 1.29 is 14.6 Å². The van der Waals surface area contributed by atoms with Crippen molar-refractivity contribution in [1.82, 2.24) is 0 Å². The van der Waals surface area contributed by atoms with Gasteiger partial charge in [-0.2, -0.15) is 0 Å². The summed E-state index contributed by atoms with van der Waals surface area (Å²) in [5.41, 5.74) is 12.3. The summed E-state index contributed by atoms with van der Waals surface area (Å²) in [6, 6.07) is 0. The summed E-state index contributed by atoms with van der Waals surface area (Å²) in [7, 11) is 0. The third-order valence-electron chi connectivity index (χ3n) is 41.4. The van der Waals surface area contributed by atoms with Crippen LogP contribution in [0.25, 0.3) is 0 Å². The van der Waals surface area contributed by atoms with Gasteiger partial charge in [0.15, 0.2) is 5.78 Å². The highest BCUT2D eigenvalue weighted by atomic mass is 16.6. The number of hydrogen-bond acceptors (Lipinski definition) is 3. The van der Waals surface area contributed by atoms with Gasteiger partial charge in [0.25, 0.3) is 0 Å². The number of rotatable bonds is 1. The van der Waals surface area contributed by atoms with Crippen LogP contribution in [0.4, 0.5) is 0 Å². The first-order chi connectivity index (χ1) is 44.6. The Bertz CT molecular complexity index is 2930. The van der Waals surface area contributed by atoms with Gasteiger partial charge in [-0.15, -0.1) is 0 Å². The van der Waals surface area contributed by atoms with Crippen LogP contribution in [-0.4, -0.2) is 28.2 Å². The van der Waals surface area contributed by atoms with Gasteiger partial charge in [-0.05, 0) is 396 Å². The van der Waals surface area contributed by atoms with Crippen molar-refractivity contribution in [1.29, 1.82) is 0 Å². The summed E-state index contributed by atoms with van der Waals surface area (Å²) in [4.78, 5) is 12.0. The number of fused-ring (bicyclic) bond motifs is 8. The Morgan fingerprint density at radius 3 is 1.17 bits per heavy atom. The lowest BCUT2D eigenvalue weighted by molar-refractivity contribution is -0.114. The van der Waals surface area contributed by atoms with Crippen LogP contribution in [0.15, 0.2) is 22.8 Å². The Morgan fingerprint density at radius 1 is 0.378 bits per heavy atom. The van der Waals surface area contributed by atoms with Crippen LogP contribution >= 0.6 is 0 Å². The van der Waals surface area contributed by atoms with E-state index in [0.29, 0.717) is 88.7 Å². The van der Waals surface area contributed by atoms with E-state index in [0.717, 1.165) is 118 Å². The minimum absolute atomic E-state index is 0. The molecule has 1 aliphatic heterocycles. The summed E-state index contributed by atoms with van der Waals surface area (Å²) in [6.45, 7) is 66.1. The Morgan fingerprint density at radius 2 is 0.714 bits per heavy atom. The molecule has 17 fully saturated rings. The minimum atomic E-state index is -0.404. The van der Waals surface area contributed by atoms with E-state index in [1.54, 1.807) is 25.3 Å². The van der Waals surface area contributed by atoms with Crippen molar-refractivity contribution in [2.45, 2.75) is 385 Å². The fourth-order valence-electron chi connectivity index (χ4n) is 35.7. The van der Waals surface area contributed by atoms with Gasteiger partial charge in [-0.1, -0.05) is 177 Å². The summed E-state index contributed by atoms with van der Waals surface area (Å²) in [5, 5.41) is 10.6. The molecule has 19 aliphatic rings. The predicted molar refractivity (Wildman–Crippen MR) is 414 cm³/mol. The summed E-state index contributed by atoms with van der Waals surface area (Å²) >= 11 is 0. The highest BCUT2D eigenvalue weighted by molar-refractivity contribution is 5.94. The lowest BCUT2D eigenvalue weighted by Crippen LogP contribution is -2.44. The van der Waals surface area contributed by atoms with Gasteiger partial charge in [0, 0.05) is 0 Å². The summed E-state index contributed by atoms with van der Waals surface area (Å²) < 4.78 is 6.09. The largest absolute Gasteiger partial charge is 0.390 e. The Balaban J connectivity index is 0.000000106. The second kappa shape index (κ2) is 23.3. The molecule has 6 spiro atoms. The number of ether oxygens (including phenoxy) is 1. The quantitative estimate of drug-likeness (QED) is 0.210. The van der Waals surface area contributed by atoms with Crippen molar-refractivity contribution in [2.24, 2.45) is 182 Å². The van der Waals surface area contributed by atoms with Crippen LogP contribution in [0.5, 0.6) is 0 Å². The number of allylic oxidation sites excluding steroid dienone is 4. The minimum Gasteiger partial charge on any atom is -0.390 e. The van der Waals surface area contributed by atoms with Crippen LogP contribution in [0, 0.1) is 182 Å². The van der Waals surface area contributed by atoms with Gasteiger partial charge in [0.1, 0.15) is 0 Å². The van der Waals surface area contributed by atoms with Gasteiger partial charge in [0.2, 0.25) is 0 Å². The maximum atomic E-state index is 12.0. The molecule has 27 atom stereocenters. The molecule has 0 radical (unpaired) electrons. The van der Waals surface area contributed by atoms with Crippen LogP contribution in [0.2, 0.25) is 0 Å². The summed E-state index contributed by atoms with van der Waals surface area (Å²) in [6.07, 6.45) is 41.5. The molecule has 3 nitrogen and oxygen atoms in total. The molecule has 18 aliphatic carbocycles. The zero-order chi connectivity index (χ0) is 70.8. The zero-order valence-corrected chi connectivity index (χ0v) is 68.9. The van der Waals surface area contributed by atoms with Gasteiger partial charge >= 0.3 is 0 Å². The van der Waals surface area contributed by atoms with Crippen LogP contribution in [0.3, 0.4) is 0 Å². The SMILES string of the molecule is C.CC(=O)C1=C(C)[C@@H]2C[C@]3(C1)C(CC[C@H]3C)C2(C)C.CC1=CC[C@@]23C[C@@H]1C(C)(C)C2CC[C@H]3C.C[C@@H]1CCC2C(C)(C)[C@H]3C[C@]21CC1OC13C.C[C@@H]1CCC2C(C)(C)[C@H]3C[C@]21CCC3(C)C.C[C@@H]1CCC2C(C)(C)[C@H]3C[C@]21CCC3(C)C.C[C@@H]1CCC2C(C)(C)[C@H]3C[C@]21CC[C@@]3(C)O. The molecule has 0 aromatic rings. The van der Waals surface area contributed by atoms with E-state index in [9.17, 15) is 9.90 Å². The molecule has 0 amide bonds. The number of carbonyl (C=O) groups is 1. The van der Waals surface area contributed by atoms with E-state index >= 15 is 0 Å². The van der Waals surface area contributed by atoms with Gasteiger partial charge in [-0.25, -0.2) is 0 Å². The average Bonchev–Trinajstić information content (AvgIpc) is 1.49. The summed E-state index contributed by atoms with van der Waals surface area (Å²) in [5.74, 6) is 16.5. The van der Waals surface area contributed by atoms with E-state index in [1.165, 1.54) is 159 Å². The standard InChI is InChI=1S/C17H26O.2C16H28.C15H24O.C15H26O.C15H24.CH4/c1-10-6-7-15-16(4,5)14-9-17(10,15)8-13(11(14)2)12(3)18;2*1-11-6-7-12-15(4,5)13-10-16(11,12)9-8-14(13,2)3;1-9-5-6-10-13(2,3)11-7-15(9,10)8-12-14(11,4)16-12;1-10-5-6-11-13(2,3)12-9-15(10,11)8-7-14(12,4)16;1-10-7-8-15-9-12(10)14(3,4)13(15)6-5-11(15)2;/h10,14-15H,6-9H2,1-5H3;2*11-13H,6-10H2,1-5H3;9-12H,5-8H2,1-4H3;10-12,16H,5-9H2,1-4H3;7,11-13H,5-6,8-9H2,1-4H3;1H4/t10-,14+,15?,17+;2*11-,12?,13+,16+;9-,10?,11-,12?,14?,15-;10-,11?,12-,14-,15+;11-,12+,13?,15+;/m111111./s1. The maximum absolute atomic E-state index is 12.0. The van der Waals surface area contributed by atoms with E-state index < -0.39 is 5.60 Å². The molecular formula is C95H160O3. The second-order valence-corrected chi connectivity index (χ2v) is 46.9. The number of hydrogen-bond donors (Lipinski definition) is 1. The Kier molecular flexibility index (Phi) is 17.9. The molecule has 19 rings (SSSR count). The average molecular weight is 1350 g/mol. The smallest absolute Gasteiger partial charge is 0.155 e. The molecule has 558 valence electrons. The van der Waals surface area contributed by atoms with Crippen LogP contribution in [-0.2, 0) is 9.53 Å². The fraction of sp³-hybridized carbons (Fsp3) is 0.947. The Labute approximate surface area is 607 Å². The van der Waals surface area contributed by atoms with E-state index in [4.69, 9.17) is 4.74 Å². The van der Waals surface area contributed by atoms with Crippen molar-refractivity contribution in [3.8, 4) is 0 Å². The maximum Gasteiger partial charge on any atom is 0.155 e. The lowest BCUT2D eigenvalue weighted by Gasteiger charge is -2.45. The first-order valence-corrected chi connectivity index (χ1v) is 42.9. The molecule has 8 unspecified atom stereocenters.